The highest BCUT2D eigenvalue weighted by molar-refractivity contribution is 5.41. The molecule has 0 atom stereocenters. The van der Waals surface area contributed by atoms with Gasteiger partial charge in [0.25, 0.3) is 5.69 Å². The van der Waals surface area contributed by atoms with E-state index >= 15 is 0 Å². The monoisotopic (exact) mass is 183 g/mol. The van der Waals surface area contributed by atoms with Crippen molar-refractivity contribution in [1.29, 1.82) is 0 Å². The quantitative estimate of drug-likeness (QED) is 0.382. The molecule has 0 radical (unpaired) electrons. The number of pyridine rings is 1. The first-order chi connectivity index (χ1) is 6.06. The summed E-state index contributed by atoms with van der Waals surface area (Å²) in [5.74, 6) is 0. The second-order valence-corrected chi connectivity index (χ2v) is 2.77. The molecule has 1 aromatic heterocycles. The van der Waals surface area contributed by atoms with Crippen LogP contribution in [0.3, 0.4) is 0 Å². The van der Waals surface area contributed by atoms with E-state index in [2.05, 4.69) is 0 Å². The number of hydrogen-bond donors (Lipinski definition) is 0. The molecule has 5 nitrogen and oxygen atoms in total. The number of hydrogen-bond acceptors (Lipinski definition) is 3. The van der Waals surface area contributed by atoms with Gasteiger partial charge in [0, 0.05) is 4.73 Å². The minimum absolute atomic E-state index is 0.147. The van der Waals surface area contributed by atoms with Gasteiger partial charge in [0.1, 0.15) is 7.11 Å². The molecule has 1 heterocycles. The Morgan fingerprint density at radius 2 is 1.85 bits per heavy atom. The highest BCUT2D eigenvalue weighted by atomic mass is 16.6. The Morgan fingerprint density at radius 3 is 2.15 bits per heavy atom. The third-order valence-electron chi connectivity index (χ3n) is 1.78. The summed E-state index contributed by atoms with van der Waals surface area (Å²) >= 11 is 0. The third kappa shape index (κ3) is 1.74. The molecule has 1 rings (SSSR count). The molecular formula is C8H11N2O3+. The molecule has 0 aliphatic heterocycles. The Bertz CT molecular complexity index is 326. The standard InChI is InChI=1S/C8H11N2O3/c1-6-4-9(13-3)5-7(2)8(6)10(11)12/h4-5H,1-3H3/q+1. The lowest BCUT2D eigenvalue weighted by Crippen LogP contribution is -2.40. The van der Waals surface area contributed by atoms with Gasteiger partial charge >= 0.3 is 0 Å². The molecule has 0 aliphatic rings. The van der Waals surface area contributed by atoms with Gasteiger partial charge in [0.05, 0.1) is 16.1 Å². The van der Waals surface area contributed by atoms with Gasteiger partial charge in [-0.15, -0.1) is 0 Å². The molecule has 5 heteroatoms. The van der Waals surface area contributed by atoms with Gasteiger partial charge in [-0.25, -0.2) is 0 Å². The Balaban J connectivity index is 3.31. The van der Waals surface area contributed by atoms with Gasteiger partial charge in [-0.05, 0) is 13.8 Å². The fourth-order valence-corrected chi connectivity index (χ4v) is 1.25. The van der Waals surface area contributed by atoms with Gasteiger partial charge in [-0.2, -0.15) is 0 Å². The van der Waals surface area contributed by atoms with E-state index in [4.69, 9.17) is 4.84 Å². The van der Waals surface area contributed by atoms with Gasteiger partial charge in [-0.3, -0.25) is 15.0 Å². The Morgan fingerprint density at radius 1 is 1.38 bits per heavy atom. The zero-order valence-corrected chi connectivity index (χ0v) is 7.77. The van der Waals surface area contributed by atoms with Crippen molar-refractivity contribution in [1.82, 2.24) is 0 Å². The summed E-state index contributed by atoms with van der Waals surface area (Å²) in [4.78, 5) is 15.1. The Kier molecular flexibility index (Phi) is 2.46. The molecule has 0 saturated carbocycles. The maximum Gasteiger partial charge on any atom is 0.287 e. The smallest absolute Gasteiger partial charge is 0.275 e. The van der Waals surface area contributed by atoms with Crippen LogP contribution in [-0.2, 0) is 0 Å². The summed E-state index contributed by atoms with van der Waals surface area (Å²) in [6, 6.07) is 0. The molecule has 13 heavy (non-hydrogen) atoms. The van der Waals surface area contributed by atoms with Crippen molar-refractivity contribution < 1.29 is 14.5 Å². The summed E-state index contributed by atoms with van der Waals surface area (Å²) in [5.41, 5.74) is 1.33. The number of nitrogens with zero attached hydrogens (tertiary/aromatic N) is 2. The van der Waals surface area contributed by atoms with Crippen molar-refractivity contribution in [3.8, 4) is 0 Å². The largest absolute Gasteiger partial charge is 0.287 e. The van der Waals surface area contributed by atoms with Crippen LogP contribution in [0.25, 0.3) is 0 Å². The van der Waals surface area contributed by atoms with Crippen LogP contribution in [0.15, 0.2) is 12.4 Å². The van der Waals surface area contributed by atoms with E-state index in [0.717, 1.165) is 0 Å². The lowest BCUT2D eigenvalue weighted by atomic mass is 10.2. The highest BCUT2D eigenvalue weighted by Gasteiger charge is 2.20. The first kappa shape index (κ1) is 9.44. The van der Waals surface area contributed by atoms with E-state index in [1.807, 2.05) is 0 Å². The van der Waals surface area contributed by atoms with E-state index in [0.29, 0.717) is 11.1 Å². The molecule has 0 fully saturated rings. The zero-order chi connectivity index (χ0) is 10.0. The van der Waals surface area contributed by atoms with Crippen molar-refractivity contribution >= 4 is 5.69 Å². The number of aromatic nitrogens is 1. The number of rotatable bonds is 2. The molecule has 0 spiro atoms. The summed E-state index contributed by atoms with van der Waals surface area (Å²) in [6.45, 7) is 3.36. The van der Waals surface area contributed by atoms with E-state index in [1.54, 1.807) is 26.2 Å². The van der Waals surface area contributed by atoms with Crippen LogP contribution in [-0.4, -0.2) is 12.0 Å². The lowest BCUT2D eigenvalue weighted by molar-refractivity contribution is -0.886. The van der Waals surface area contributed by atoms with Gasteiger partial charge < -0.3 is 0 Å². The summed E-state index contributed by atoms with van der Waals surface area (Å²) in [7, 11) is 1.50. The van der Waals surface area contributed by atoms with Crippen LogP contribution in [0.1, 0.15) is 11.1 Å². The topological polar surface area (TPSA) is 56.2 Å². The van der Waals surface area contributed by atoms with Crippen molar-refractivity contribution in [3.05, 3.63) is 33.6 Å². The van der Waals surface area contributed by atoms with Crippen molar-refractivity contribution in [2.24, 2.45) is 0 Å². The van der Waals surface area contributed by atoms with Gasteiger partial charge in [0.2, 0.25) is 12.4 Å². The van der Waals surface area contributed by atoms with Crippen LogP contribution in [0.4, 0.5) is 5.69 Å². The SMILES string of the molecule is CO[n+]1cc(C)c([N+](=O)[O-])c(C)c1. The second-order valence-electron chi connectivity index (χ2n) is 2.77. The average Bonchev–Trinajstić information content (AvgIpc) is 2.02. The summed E-state index contributed by atoms with van der Waals surface area (Å²) < 4.78 is 1.44. The number of aryl methyl sites for hydroxylation is 2. The predicted molar refractivity (Wildman–Crippen MR) is 45.3 cm³/mol. The molecule has 0 saturated heterocycles. The minimum atomic E-state index is -0.384. The van der Waals surface area contributed by atoms with Gasteiger partial charge in [0.15, 0.2) is 0 Å². The summed E-state index contributed by atoms with van der Waals surface area (Å²) in [5, 5.41) is 10.6. The lowest BCUT2D eigenvalue weighted by Gasteiger charge is -1.98. The Hall–Kier alpha value is -1.65. The summed E-state index contributed by atoms with van der Waals surface area (Å²) in [6.07, 6.45) is 3.15. The molecule has 0 unspecified atom stereocenters. The normalized spacial score (nSPS) is 9.77. The first-order valence-electron chi connectivity index (χ1n) is 3.77. The van der Waals surface area contributed by atoms with E-state index in [1.165, 1.54) is 11.8 Å². The van der Waals surface area contributed by atoms with Crippen LogP contribution >= 0.6 is 0 Å². The average molecular weight is 183 g/mol. The minimum Gasteiger partial charge on any atom is -0.275 e. The third-order valence-corrected chi connectivity index (χ3v) is 1.78. The van der Waals surface area contributed by atoms with Crippen molar-refractivity contribution in [2.45, 2.75) is 13.8 Å². The fraction of sp³-hybridized carbons (Fsp3) is 0.375. The van der Waals surface area contributed by atoms with E-state index in [9.17, 15) is 10.1 Å². The van der Waals surface area contributed by atoms with E-state index < -0.39 is 0 Å². The molecule has 70 valence electrons. The molecular weight excluding hydrogens is 172 g/mol. The maximum absolute atomic E-state index is 10.6. The molecule has 0 amide bonds. The first-order valence-corrected chi connectivity index (χ1v) is 3.77. The van der Waals surface area contributed by atoms with Crippen LogP contribution in [0.5, 0.6) is 0 Å². The molecule has 0 bridgehead atoms. The predicted octanol–water partition coefficient (Wildman–Crippen LogP) is 0.558. The second kappa shape index (κ2) is 3.38. The zero-order valence-electron chi connectivity index (χ0n) is 7.77. The maximum atomic E-state index is 10.6. The van der Waals surface area contributed by atoms with Crippen LogP contribution in [0, 0.1) is 24.0 Å². The molecule has 1 aromatic rings. The van der Waals surface area contributed by atoms with Crippen molar-refractivity contribution in [2.75, 3.05) is 7.11 Å². The van der Waals surface area contributed by atoms with Crippen LogP contribution in [0.2, 0.25) is 0 Å². The highest BCUT2D eigenvalue weighted by Crippen LogP contribution is 2.19. The Labute approximate surface area is 75.7 Å². The van der Waals surface area contributed by atoms with Crippen molar-refractivity contribution in [3.63, 3.8) is 0 Å². The molecule has 0 N–H and O–H groups in total. The van der Waals surface area contributed by atoms with Crippen LogP contribution < -0.4 is 9.57 Å². The molecule has 0 aliphatic carbocycles. The van der Waals surface area contributed by atoms with Gasteiger partial charge in [-0.1, -0.05) is 0 Å². The molecule has 0 aromatic carbocycles. The fourth-order valence-electron chi connectivity index (χ4n) is 1.25. The van der Waals surface area contributed by atoms with E-state index in [-0.39, 0.29) is 10.6 Å². The number of nitro groups is 1.